The fourth-order valence-electron chi connectivity index (χ4n) is 0.746. The molecule has 0 aromatic carbocycles. The summed E-state index contributed by atoms with van der Waals surface area (Å²) in [5.41, 5.74) is 0. The third kappa shape index (κ3) is 2.51. The van der Waals surface area contributed by atoms with Gasteiger partial charge in [-0.05, 0) is 0 Å². The number of hydrogen-bond acceptors (Lipinski definition) is 7. The molecule has 0 N–H and O–H groups in total. The van der Waals surface area contributed by atoms with Crippen LogP contribution in [0.2, 0.25) is 0 Å². The fourth-order valence-corrected chi connectivity index (χ4v) is 0.746. The maximum Gasteiger partial charge on any atom is 0.322 e. The van der Waals surface area contributed by atoms with Gasteiger partial charge >= 0.3 is 12.0 Å². The van der Waals surface area contributed by atoms with Crippen molar-refractivity contribution in [2.75, 3.05) is 14.2 Å². The highest BCUT2D eigenvalue weighted by atomic mass is 16.6. The maximum absolute atomic E-state index is 10.2. The van der Waals surface area contributed by atoms with Crippen LogP contribution in [0.4, 0.5) is 0 Å². The van der Waals surface area contributed by atoms with Gasteiger partial charge in [0.1, 0.15) is 0 Å². The normalized spacial score (nSPS) is 9.57. The summed E-state index contributed by atoms with van der Waals surface area (Å²) in [6, 6.07) is -0.0117. The zero-order valence-corrected chi connectivity index (χ0v) is 7.63. The van der Waals surface area contributed by atoms with Gasteiger partial charge in [-0.25, -0.2) is 0 Å². The molecule has 0 fully saturated rings. The molecule has 0 aliphatic rings. The highest BCUT2D eigenvalue weighted by Gasteiger charge is 2.11. The SMILES string of the molecule is COc1nc(C[N+](=O)[O-])nc(OC)n1. The molecule has 8 heteroatoms. The first-order valence-electron chi connectivity index (χ1n) is 3.60. The first-order chi connectivity index (χ1) is 6.65. The quantitative estimate of drug-likeness (QED) is 0.484. The van der Waals surface area contributed by atoms with Crippen LogP contribution in [0.25, 0.3) is 0 Å². The number of ether oxygens (including phenoxy) is 2. The van der Waals surface area contributed by atoms with Gasteiger partial charge in [-0.15, -0.1) is 4.98 Å². The van der Waals surface area contributed by atoms with Gasteiger partial charge in [0.15, 0.2) is 0 Å². The zero-order chi connectivity index (χ0) is 10.6. The molecule has 76 valence electrons. The third-order valence-electron chi connectivity index (χ3n) is 1.28. The Bertz CT molecular complexity index is 320. The van der Waals surface area contributed by atoms with Crippen LogP contribution in [-0.2, 0) is 6.54 Å². The summed E-state index contributed by atoms with van der Waals surface area (Å²) in [6.45, 7) is -0.491. The maximum atomic E-state index is 10.2. The number of nitrogens with zero attached hydrogens (tertiary/aromatic N) is 4. The molecular weight excluding hydrogens is 192 g/mol. The number of nitro groups is 1. The Hall–Kier alpha value is -1.99. The van der Waals surface area contributed by atoms with E-state index >= 15 is 0 Å². The summed E-state index contributed by atoms with van der Waals surface area (Å²) < 4.78 is 9.43. The van der Waals surface area contributed by atoms with Crippen LogP contribution >= 0.6 is 0 Å². The highest BCUT2D eigenvalue weighted by molar-refractivity contribution is 5.04. The molecule has 8 nitrogen and oxygen atoms in total. The standard InChI is InChI=1S/C6H8N4O4/c1-13-5-7-4(3-10(11)12)8-6(9-5)14-2/h3H2,1-2H3. The van der Waals surface area contributed by atoms with Crippen LogP contribution in [-0.4, -0.2) is 34.1 Å². The Labute approximate surface area is 79.1 Å². The summed E-state index contributed by atoms with van der Waals surface area (Å²) >= 11 is 0. The average molecular weight is 200 g/mol. The first-order valence-corrected chi connectivity index (χ1v) is 3.60. The van der Waals surface area contributed by atoms with Crippen molar-refractivity contribution in [2.45, 2.75) is 6.54 Å². The van der Waals surface area contributed by atoms with Gasteiger partial charge in [-0.1, -0.05) is 0 Å². The van der Waals surface area contributed by atoms with E-state index in [1.807, 2.05) is 0 Å². The molecule has 0 unspecified atom stereocenters. The van der Waals surface area contributed by atoms with E-state index in [4.69, 9.17) is 9.47 Å². The largest absolute Gasteiger partial charge is 0.467 e. The monoisotopic (exact) mass is 200 g/mol. The van der Waals surface area contributed by atoms with E-state index in [0.29, 0.717) is 0 Å². The van der Waals surface area contributed by atoms with Crippen LogP contribution in [0.1, 0.15) is 5.82 Å². The van der Waals surface area contributed by atoms with E-state index in [0.717, 1.165) is 0 Å². The smallest absolute Gasteiger partial charge is 0.322 e. The second kappa shape index (κ2) is 4.30. The molecule has 0 spiro atoms. The summed E-state index contributed by atoms with van der Waals surface area (Å²) in [6.07, 6.45) is 0. The van der Waals surface area contributed by atoms with Gasteiger partial charge in [0.05, 0.1) is 14.2 Å². The van der Waals surface area contributed by atoms with Gasteiger partial charge in [0.2, 0.25) is 5.82 Å². The van der Waals surface area contributed by atoms with Crippen LogP contribution in [0.5, 0.6) is 12.0 Å². The third-order valence-corrected chi connectivity index (χ3v) is 1.28. The molecule has 1 heterocycles. The molecule has 0 aliphatic carbocycles. The predicted octanol–water partition coefficient (Wildman–Crippen LogP) is -0.335. The van der Waals surface area contributed by atoms with Crippen LogP contribution < -0.4 is 9.47 Å². The molecular formula is C6H8N4O4. The molecule has 0 bridgehead atoms. The number of rotatable bonds is 4. The minimum Gasteiger partial charge on any atom is -0.467 e. The van der Waals surface area contributed by atoms with E-state index in [1.165, 1.54) is 14.2 Å². The van der Waals surface area contributed by atoms with Crippen molar-refractivity contribution in [1.29, 1.82) is 0 Å². The lowest BCUT2D eigenvalue weighted by Crippen LogP contribution is -2.07. The van der Waals surface area contributed by atoms with Crippen LogP contribution in [0.3, 0.4) is 0 Å². The lowest BCUT2D eigenvalue weighted by molar-refractivity contribution is -0.498. The molecule has 0 radical (unpaired) electrons. The van der Waals surface area contributed by atoms with E-state index in [9.17, 15) is 10.1 Å². The molecule has 0 atom stereocenters. The van der Waals surface area contributed by atoms with E-state index in [2.05, 4.69) is 15.0 Å². The molecule has 0 saturated heterocycles. The number of hydrogen-bond donors (Lipinski definition) is 0. The van der Waals surface area contributed by atoms with Crippen LogP contribution in [0.15, 0.2) is 0 Å². The Morgan fingerprint density at radius 2 is 1.71 bits per heavy atom. The van der Waals surface area contributed by atoms with Crippen molar-refractivity contribution >= 4 is 0 Å². The lowest BCUT2D eigenvalue weighted by Gasteiger charge is -2.01. The minimum absolute atomic E-state index is 0.00120. The highest BCUT2D eigenvalue weighted by Crippen LogP contribution is 2.08. The summed E-state index contributed by atoms with van der Waals surface area (Å²) in [7, 11) is 2.70. The van der Waals surface area contributed by atoms with E-state index in [1.54, 1.807) is 0 Å². The Balaban J connectivity index is 2.98. The van der Waals surface area contributed by atoms with Crippen molar-refractivity contribution in [1.82, 2.24) is 15.0 Å². The second-order valence-electron chi connectivity index (χ2n) is 2.22. The van der Waals surface area contributed by atoms with Crippen molar-refractivity contribution in [3.8, 4) is 12.0 Å². The van der Waals surface area contributed by atoms with Gasteiger partial charge in [0, 0.05) is 4.92 Å². The van der Waals surface area contributed by atoms with E-state index in [-0.39, 0.29) is 17.8 Å². The van der Waals surface area contributed by atoms with Crippen molar-refractivity contribution in [3.63, 3.8) is 0 Å². The van der Waals surface area contributed by atoms with Gasteiger partial charge in [0.25, 0.3) is 6.54 Å². The Morgan fingerprint density at radius 1 is 1.21 bits per heavy atom. The van der Waals surface area contributed by atoms with E-state index < -0.39 is 11.5 Å². The second-order valence-corrected chi connectivity index (χ2v) is 2.22. The molecule has 0 aliphatic heterocycles. The number of aromatic nitrogens is 3. The topological polar surface area (TPSA) is 100 Å². The molecule has 0 amide bonds. The van der Waals surface area contributed by atoms with Gasteiger partial charge in [-0.2, -0.15) is 9.97 Å². The molecule has 1 rings (SSSR count). The van der Waals surface area contributed by atoms with Crippen molar-refractivity contribution < 1.29 is 14.4 Å². The fraction of sp³-hybridized carbons (Fsp3) is 0.500. The number of methoxy groups -OCH3 is 2. The molecule has 1 aromatic heterocycles. The summed E-state index contributed by atoms with van der Waals surface area (Å²) in [5.74, 6) is -0.00120. The zero-order valence-electron chi connectivity index (χ0n) is 7.63. The van der Waals surface area contributed by atoms with Crippen molar-refractivity contribution in [2.24, 2.45) is 0 Å². The van der Waals surface area contributed by atoms with Gasteiger partial charge in [-0.3, -0.25) is 10.1 Å². The first kappa shape index (κ1) is 10.1. The minimum atomic E-state index is -0.547. The molecule has 0 saturated carbocycles. The average Bonchev–Trinajstić information content (AvgIpc) is 2.16. The predicted molar refractivity (Wildman–Crippen MR) is 43.6 cm³/mol. The van der Waals surface area contributed by atoms with Gasteiger partial charge < -0.3 is 9.47 Å². The summed E-state index contributed by atoms with van der Waals surface area (Å²) in [4.78, 5) is 20.7. The Morgan fingerprint density at radius 3 is 2.07 bits per heavy atom. The summed E-state index contributed by atoms with van der Waals surface area (Å²) in [5, 5.41) is 10.2. The molecule has 1 aromatic rings. The molecule has 14 heavy (non-hydrogen) atoms. The lowest BCUT2D eigenvalue weighted by atomic mass is 10.6. The Kier molecular flexibility index (Phi) is 3.10. The van der Waals surface area contributed by atoms with Crippen molar-refractivity contribution in [3.05, 3.63) is 15.9 Å². The van der Waals surface area contributed by atoms with Crippen LogP contribution in [0, 0.1) is 10.1 Å².